The summed E-state index contributed by atoms with van der Waals surface area (Å²) in [6.07, 6.45) is -0.189. The van der Waals surface area contributed by atoms with Gasteiger partial charge in [0.2, 0.25) is 5.75 Å². The monoisotopic (exact) mass is 379 g/mol. The minimum Gasteiger partial charge on any atom is -0.493 e. The first kappa shape index (κ1) is 18.2. The van der Waals surface area contributed by atoms with Gasteiger partial charge >= 0.3 is 0 Å². The van der Waals surface area contributed by atoms with Crippen LogP contribution in [-0.4, -0.2) is 31.1 Å². The number of fused-ring (bicyclic) bond motifs is 3. The maximum atomic E-state index is 5.55. The highest BCUT2D eigenvalue weighted by Crippen LogP contribution is 2.44. The lowest BCUT2D eigenvalue weighted by Gasteiger charge is -2.31. The summed E-state index contributed by atoms with van der Waals surface area (Å²) >= 11 is 0. The molecule has 0 fully saturated rings. The molecule has 0 radical (unpaired) electrons. The number of ether oxygens (including phenoxy) is 3. The number of aromatic nitrogens is 2. The summed E-state index contributed by atoms with van der Waals surface area (Å²) in [5.41, 5.74) is 7.77. The summed E-state index contributed by atoms with van der Waals surface area (Å²) in [6.45, 7) is 6.26. The maximum absolute atomic E-state index is 5.55. The smallest absolute Gasteiger partial charge is 0.203 e. The molecule has 0 saturated carbocycles. The zero-order valence-electron chi connectivity index (χ0n) is 17.1. The van der Waals surface area contributed by atoms with E-state index in [-0.39, 0.29) is 6.17 Å². The van der Waals surface area contributed by atoms with E-state index in [4.69, 9.17) is 19.3 Å². The molecule has 1 aliphatic rings. The number of hydrogen-bond acceptors (Lipinski definition) is 5. The Morgan fingerprint density at radius 2 is 1.57 bits per heavy atom. The summed E-state index contributed by atoms with van der Waals surface area (Å²) < 4.78 is 18.6. The van der Waals surface area contributed by atoms with E-state index in [9.17, 15) is 0 Å². The van der Waals surface area contributed by atoms with Crippen molar-refractivity contribution < 1.29 is 14.2 Å². The van der Waals surface area contributed by atoms with E-state index in [0.717, 1.165) is 22.6 Å². The van der Waals surface area contributed by atoms with Gasteiger partial charge in [-0.15, -0.1) is 0 Å². The van der Waals surface area contributed by atoms with E-state index in [1.54, 1.807) is 21.3 Å². The average molecular weight is 379 g/mol. The molecule has 0 saturated heterocycles. The number of aryl methyl sites for hydroxylation is 3. The van der Waals surface area contributed by atoms with Gasteiger partial charge in [0.1, 0.15) is 6.17 Å². The Hall–Kier alpha value is -3.15. The van der Waals surface area contributed by atoms with E-state index >= 15 is 0 Å². The third kappa shape index (κ3) is 2.76. The predicted octanol–water partition coefficient (Wildman–Crippen LogP) is 4.47. The van der Waals surface area contributed by atoms with Crippen LogP contribution < -0.4 is 19.5 Å². The standard InChI is InChI=1S/C22H25N3O3/c1-12-7-13(2)20-16(8-12)17-9-14(3)24-25(17)22(23-20)15-10-18(26-4)21(28-6)19(11-15)27-5/h7-11,22-23H,1-6H3/t22-/m1/s1. The third-order valence-corrected chi connectivity index (χ3v) is 5.14. The molecule has 0 spiro atoms. The second-order valence-electron chi connectivity index (χ2n) is 7.13. The molecule has 6 heteroatoms. The van der Waals surface area contributed by atoms with Crippen molar-refractivity contribution in [1.29, 1.82) is 0 Å². The number of benzene rings is 2. The summed E-state index contributed by atoms with van der Waals surface area (Å²) in [4.78, 5) is 0. The third-order valence-electron chi connectivity index (χ3n) is 5.14. The highest BCUT2D eigenvalue weighted by atomic mass is 16.5. The van der Waals surface area contributed by atoms with Crippen molar-refractivity contribution in [3.05, 3.63) is 52.7 Å². The molecule has 6 nitrogen and oxygen atoms in total. The van der Waals surface area contributed by atoms with Crippen LogP contribution in [0.5, 0.6) is 17.2 Å². The van der Waals surface area contributed by atoms with Gasteiger partial charge in [-0.25, -0.2) is 4.68 Å². The van der Waals surface area contributed by atoms with Gasteiger partial charge < -0.3 is 19.5 Å². The van der Waals surface area contributed by atoms with Gasteiger partial charge in [-0.05, 0) is 50.6 Å². The minimum atomic E-state index is -0.189. The van der Waals surface area contributed by atoms with Gasteiger partial charge in [-0.3, -0.25) is 0 Å². The van der Waals surface area contributed by atoms with Crippen molar-refractivity contribution in [3.8, 4) is 28.5 Å². The van der Waals surface area contributed by atoms with Crippen LogP contribution in [0.1, 0.15) is 28.6 Å². The molecule has 1 N–H and O–H groups in total. The zero-order valence-corrected chi connectivity index (χ0v) is 17.1. The first-order chi connectivity index (χ1) is 13.5. The Labute approximate surface area is 165 Å². The Kier molecular flexibility index (Phi) is 4.41. The number of nitrogens with one attached hydrogen (secondary N) is 1. The van der Waals surface area contributed by atoms with Gasteiger partial charge in [0.05, 0.1) is 32.7 Å². The molecule has 1 aliphatic heterocycles. The summed E-state index contributed by atoms with van der Waals surface area (Å²) in [5, 5.41) is 8.43. The largest absolute Gasteiger partial charge is 0.493 e. The minimum absolute atomic E-state index is 0.189. The molecular formula is C22H25N3O3. The molecule has 4 rings (SSSR count). The van der Waals surface area contributed by atoms with Crippen molar-refractivity contribution in [2.24, 2.45) is 0 Å². The molecule has 2 aromatic carbocycles. The summed E-state index contributed by atoms with van der Waals surface area (Å²) in [7, 11) is 4.86. The lowest BCUT2D eigenvalue weighted by Crippen LogP contribution is -2.26. The molecule has 0 unspecified atom stereocenters. The maximum Gasteiger partial charge on any atom is 0.203 e. The Bertz CT molecular complexity index is 1030. The van der Waals surface area contributed by atoms with Crippen LogP contribution in [0.4, 0.5) is 5.69 Å². The van der Waals surface area contributed by atoms with Crippen LogP contribution >= 0.6 is 0 Å². The average Bonchev–Trinajstić information content (AvgIpc) is 3.08. The topological polar surface area (TPSA) is 57.5 Å². The second-order valence-corrected chi connectivity index (χ2v) is 7.13. The summed E-state index contributed by atoms with van der Waals surface area (Å²) in [6, 6.07) is 10.5. The highest BCUT2D eigenvalue weighted by molar-refractivity contribution is 5.82. The van der Waals surface area contributed by atoms with Gasteiger partial charge in [-0.1, -0.05) is 11.6 Å². The van der Waals surface area contributed by atoms with Crippen LogP contribution in [0.25, 0.3) is 11.3 Å². The van der Waals surface area contributed by atoms with Crippen LogP contribution in [0, 0.1) is 20.8 Å². The lowest BCUT2D eigenvalue weighted by atomic mass is 9.98. The number of hydrogen-bond donors (Lipinski definition) is 1. The van der Waals surface area contributed by atoms with Crippen LogP contribution in [0.3, 0.4) is 0 Å². The van der Waals surface area contributed by atoms with E-state index in [2.05, 4.69) is 37.4 Å². The fourth-order valence-corrected chi connectivity index (χ4v) is 3.96. The quantitative estimate of drug-likeness (QED) is 0.725. The van der Waals surface area contributed by atoms with Crippen LogP contribution in [-0.2, 0) is 0 Å². The number of nitrogens with zero attached hydrogens (tertiary/aromatic N) is 2. The highest BCUT2D eigenvalue weighted by Gasteiger charge is 2.29. The second kappa shape index (κ2) is 6.78. The fourth-order valence-electron chi connectivity index (χ4n) is 3.96. The predicted molar refractivity (Wildman–Crippen MR) is 110 cm³/mol. The van der Waals surface area contributed by atoms with Gasteiger partial charge in [0.15, 0.2) is 11.5 Å². The molecule has 0 aliphatic carbocycles. The van der Waals surface area contributed by atoms with Crippen molar-refractivity contribution in [1.82, 2.24) is 9.78 Å². The molecular weight excluding hydrogens is 354 g/mol. The molecule has 1 aromatic heterocycles. The molecule has 3 aromatic rings. The van der Waals surface area contributed by atoms with E-state index < -0.39 is 0 Å². The van der Waals surface area contributed by atoms with Crippen molar-refractivity contribution in [3.63, 3.8) is 0 Å². The van der Waals surface area contributed by atoms with Crippen LogP contribution in [0.15, 0.2) is 30.3 Å². The number of methoxy groups -OCH3 is 3. The first-order valence-corrected chi connectivity index (χ1v) is 9.21. The molecule has 146 valence electrons. The van der Waals surface area contributed by atoms with Crippen molar-refractivity contribution >= 4 is 5.69 Å². The SMILES string of the molecule is COc1cc([C@@H]2Nc3c(C)cc(C)cc3-c3cc(C)nn32)cc(OC)c1OC. The number of rotatable bonds is 4. The molecule has 1 atom stereocenters. The Morgan fingerprint density at radius 1 is 0.893 bits per heavy atom. The normalized spacial score (nSPS) is 14.7. The lowest BCUT2D eigenvalue weighted by molar-refractivity contribution is 0.323. The van der Waals surface area contributed by atoms with E-state index in [1.165, 1.54) is 16.7 Å². The van der Waals surface area contributed by atoms with Gasteiger partial charge in [0, 0.05) is 16.8 Å². The van der Waals surface area contributed by atoms with Gasteiger partial charge in [0.25, 0.3) is 0 Å². The number of anilines is 1. The molecule has 0 bridgehead atoms. The van der Waals surface area contributed by atoms with Crippen LogP contribution in [0.2, 0.25) is 0 Å². The molecule has 28 heavy (non-hydrogen) atoms. The van der Waals surface area contributed by atoms with Gasteiger partial charge in [-0.2, -0.15) is 5.10 Å². The first-order valence-electron chi connectivity index (χ1n) is 9.21. The molecule has 2 heterocycles. The zero-order chi connectivity index (χ0) is 20.0. The Morgan fingerprint density at radius 3 is 2.18 bits per heavy atom. The summed E-state index contributed by atoms with van der Waals surface area (Å²) in [5.74, 6) is 1.82. The molecule has 0 amide bonds. The fraction of sp³-hybridized carbons (Fsp3) is 0.318. The van der Waals surface area contributed by atoms with Crippen molar-refractivity contribution in [2.75, 3.05) is 26.6 Å². The Balaban J connectivity index is 1.92. The van der Waals surface area contributed by atoms with E-state index in [0.29, 0.717) is 17.2 Å². The van der Waals surface area contributed by atoms with E-state index in [1.807, 2.05) is 23.7 Å². The van der Waals surface area contributed by atoms with Crippen molar-refractivity contribution in [2.45, 2.75) is 26.9 Å².